The van der Waals surface area contributed by atoms with E-state index in [0.717, 1.165) is 55.6 Å². The van der Waals surface area contributed by atoms with E-state index in [1.807, 2.05) is 6.92 Å². The summed E-state index contributed by atoms with van der Waals surface area (Å²) in [5.41, 5.74) is 11.0. The number of aliphatic imine (C=N–C) groups is 1. The van der Waals surface area contributed by atoms with Crippen LogP contribution in [0.15, 0.2) is 20.5 Å². The summed E-state index contributed by atoms with van der Waals surface area (Å²) in [4.78, 5) is 19.8. The van der Waals surface area contributed by atoms with Crippen LogP contribution in [0.1, 0.15) is 55.1 Å². The first-order valence-electron chi connectivity index (χ1n) is 10.1. The molecule has 1 aliphatic carbocycles. The number of hydrogen-bond acceptors (Lipinski definition) is 7. The summed E-state index contributed by atoms with van der Waals surface area (Å²) in [7, 11) is -1.49. The Morgan fingerprint density at radius 1 is 1.33 bits per heavy atom. The van der Waals surface area contributed by atoms with Gasteiger partial charge in [0.05, 0.1) is 5.69 Å². The van der Waals surface area contributed by atoms with Crippen LogP contribution in [0.5, 0.6) is 0 Å². The molecule has 1 unspecified atom stereocenters. The maximum absolute atomic E-state index is 11.7. The van der Waals surface area contributed by atoms with Crippen molar-refractivity contribution in [3.8, 4) is 0 Å². The molecule has 6 N–H and O–H groups in total. The summed E-state index contributed by atoms with van der Waals surface area (Å²) in [6, 6.07) is 0. The zero-order chi connectivity index (χ0) is 22.3. The second kappa shape index (κ2) is 10.5. The zero-order valence-electron chi connectivity index (χ0n) is 18.2. The number of amidine groups is 1. The van der Waals surface area contributed by atoms with E-state index in [9.17, 15) is 9.00 Å². The molecule has 0 saturated carbocycles. The smallest absolute Gasteiger partial charge is 0.211 e. The molecular weight excluding hydrogens is 402 g/mol. The molecule has 0 radical (unpaired) electrons. The first kappa shape index (κ1) is 23.8. The number of hydrogen-bond donors (Lipinski definition) is 4. The molecule has 0 fully saturated rings. The summed E-state index contributed by atoms with van der Waals surface area (Å²) in [5, 5.41) is 11.3. The molecule has 1 atom stereocenters. The number of carbonyl (C=O) groups excluding carboxylic acids is 1. The number of rotatable bonds is 5. The summed E-state index contributed by atoms with van der Waals surface area (Å²) in [6.45, 7) is 7.81. The van der Waals surface area contributed by atoms with E-state index < -0.39 is 9.92 Å². The fraction of sp³-hybridized carbons (Fsp3) is 0.550. The number of anilines is 1. The second-order valence-corrected chi connectivity index (χ2v) is 9.43. The van der Waals surface area contributed by atoms with Crippen LogP contribution in [-0.4, -0.2) is 41.6 Å². The SMILES string of the molecule is CN=S(N)(=O)/C(=C/N)C1=NCCCN1.Cc1c(C(C)C)nc2c(c1NC=O)CCC2. The van der Waals surface area contributed by atoms with Crippen molar-refractivity contribution >= 4 is 27.8 Å². The molecule has 0 spiro atoms. The highest BCUT2D eigenvalue weighted by atomic mass is 32.2. The molecule has 10 heteroatoms. The zero-order valence-corrected chi connectivity index (χ0v) is 19.0. The van der Waals surface area contributed by atoms with Crippen molar-refractivity contribution in [1.82, 2.24) is 10.3 Å². The van der Waals surface area contributed by atoms with Gasteiger partial charge < -0.3 is 16.4 Å². The van der Waals surface area contributed by atoms with Gasteiger partial charge in [0.1, 0.15) is 20.7 Å². The minimum Gasteiger partial charge on any atom is -0.403 e. The third kappa shape index (κ3) is 5.37. The van der Waals surface area contributed by atoms with Crippen LogP contribution >= 0.6 is 0 Å². The predicted molar refractivity (Wildman–Crippen MR) is 123 cm³/mol. The molecule has 0 saturated heterocycles. The van der Waals surface area contributed by atoms with Gasteiger partial charge >= 0.3 is 0 Å². The number of pyridine rings is 1. The van der Waals surface area contributed by atoms with E-state index in [1.165, 1.54) is 24.5 Å². The molecule has 1 amide bonds. The molecule has 166 valence electrons. The topological polar surface area (TPSA) is 148 Å². The van der Waals surface area contributed by atoms with Gasteiger partial charge in [-0.3, -0.25) is 14.8 Å². The number of amides is 1. The van der Waals surface area contributed by atoms with Gasteiger partial charge in [-0.15, -0.1) is 0 Å². The van der Waals surface area contributed by atoms with Gasteiger partial charge in [0.15, 0.2) is 0 Å². The Balaban J connectivity index is 0.000000216. The Morgan fingerprint density at radius 3 is 2.60 bits per heavy atom. The highest BCUT2D eigenvalue weighted by Crippen LogP contribution is 2.34. The van der Waals surface area contributed by atoms with Crippen molar-refractivity contribution in [2.24, 2.45) is 20.2 Å². The quantitative estimate of drug-likeness (QED) is 0.520. The Hall–Kier alpha value is -2.46. The number of aryl methyl sites for hydroxylation is 1. The molecule has 30 heavy (non-hydrogen) atoms. The van der Waals surface area contributed by atoms with Crippen molar-refractivity contribution in [3.63, 3.8) is 0 Å². The molecule has 9 nitrogen and oxygen atoms in total. The molecule has 1 aromatic rings. The molecule has 1 aliphatic heterocycles. The molecule has 0 bridgehead atoms. The Morgan fingerprint density at radius 2 is 2.07 bits per heavy atom. The Bertz CT molecular complexity index is 960. The molecule has 2 heterocycles. The van der Waals surface area contributed by atoms with Crippen LogP contribution < -0.4 is 21.5 Å². The number of nitrogens with one attached hydrogen (secondary N) is 2. The van der Waals surface area contributed by atoms with E-state index in [0.29, 0.717) is 18.3 Å². The summed E-state index contributed by atoms with van der Waals surface area (Å²) in [5.74, 6) is 0.898. The van der Waals surface area contributed by atoms with Crippen LogP contribution in [0.3, 0.4) is 0 Å². The van der Waals surface area contributed by atoms with Crippen molar-refractivity contribution < 1.29 is 9.00 Å². The predicted octanol–water partition coefficient (Wildman–Crippen LogP) is 1.72. The lowest BCUT2D eigenvalue weighted by Crippen LogP contribution is -2.35. The van der Waals surface area contributed by atoms with Crippen LogP contribution in [0.25, 0.3) is 0 Å². The maximum Gasteiger partial charge on any atom is 0.211 e. The standard InChI is InChI=1S/C13H18N2O.C7H15N5OS/c1-8(2)12-9(3)13(14-7-16)10-5-4-6-11(10)15-12;1-10-14(9,13)6(5-8)7-11-3-2-4-12-7/h7-8H,4-6H2,1-3H3,(H,14,15,16);5H,2-4,8H2,1H3,(H,11,12)(H2,9,10,13)/b;6-5+. The van der Waals surface area contributed by atoms with Crippen molar-refractivity contribution in [2.75, 3.05) is 25.5 Å². The third-order valence-corrected chi connectivity index (χ3v) is 6.63. The normalized spacial score (nSPS) is 17.7. The minimum absolute atomic E-state index is 0.278. The van der Waals surface area contributed by atoms with E-state index in [-0.39, 0.29) is 4.91 Å². The summed E-state index contributed by atoms with van der Waals surface area (Å²) >= 11 is 0. The molecule has 1 aromatic heterocycles. The van der Waals surface area contributed by atoms with Gasteiger partial charge in [-0.1, -0.05) is 13.8 Å². The van der Waals surface area contributed by atoms with Gasteiger partial charge in [-0.2, -0.15) is 0 Å². The fourth-order valence-electron chi connectivity index (χ4n) is 3.63. The molecular formula is C20H33N7O2S. The summed E-state index contributed by atoms with van der Waals surface area (Å²) < 4.78 is 15.3. The Kier molecular flexibility index (Phi) is 8.36. The van der Waals surface area contributed by atoms with Crippen molar-refractivity contribution in [3.05, 3.63) is 33.6 Å². The average molecular weight is 436 g/mol. The number of nitrogens with two attached hydrogens (primary N) is 2. The monoisotopic (exact) mass is 435 g/mol. The fourth-order valence-corrected chi connectivity index (χ4v) is 4.44. The number of nitrogens with zero attached hydrogens (tertiary/aromatic N) is 3. The largest absolute Gasteiger partial charge is 0.403 e. The van der Waals surface area contributed by atoms with Gasteiger partial charge in [0.2, 0.25) is 6.41 Å². The third-order valence-electron chi connectivity index (χ3n) is 5.12. The van der Waals surface area contributed by atoms with Crippen molar-refractivity contribution in [2.45, 2.75) is 52.4 Å². The van der Waals surface area contributed by atoms with Crippen molar-refractivity contribution in [1.29, 1.82) is 0 Å². The van der Waals surface area contributed by atoms with Gasteiger partial charge in [0.25, 0.3) is 0 Å². The maximum atomic E-state index is 11.7. The van der Waals surface area contributed by atoms with E-state index in [4.69, 9.17) is 15.9 Å². The second-order valence-electron chi connectivity index (χ2n) is 7.49. The summed E-state index contributed by atoms with van der Waals surface area (Å²) in [6.07, 6.45) is 6.16. The molecule has 3 rings (SSSR count). The van der Waals surface area contributed by atoms with Crippen LogP contribution in [0.2, 0.25) is 0 Å². The average Bonchev–Trinajstić information content (AvgIpc) is 3.20. The van der Waals surface area contributed by atoms with Gasteiger partial charge in [-0.25, -0.2) is 13.7 Å². The van der Waals surface area contributed by atoms with Crippen LogP contribution in [0.4, 0.5) is 5.69 Å². The number of fused-ring (bicyclic) bond motifs is 1. The molecule has 0 aromatic carbocycles. The van der Waals surface area contributed by atoms with Gasteiger partial charge in [-0.05, 0) is 49.7 Å². The highest BCUT2D eigenvalue weighted by molar-refractivity contribution is 7.96. The van der Waals surface area contributed by atoms with Crippen LogP contribution in [0, 0.1) is 6.92 Å². The lowest BCUT2D eigenvalue weighted by atomic mass is 9.99. The van der Waals surface area contributed by atoms with Crippen LogP contribution in [-0.2, 0) is 27.6 Å². The lowest BCUT2D eigenvalue weighted by molar-refractivity contribution is -0.105. The first-order chi connectivity index (χ1) is 14.3. The Labute approximate surface area is 179 Å². The van der Waals surface area contributed by atoms with E-state index >= 15 is 0 Å². The number of aromatic nitrogens is 1. The number of carbonyl (C=O) groups is 1. The van der Waals surface area contributed by atoms with E-state index in [1.54, 1.807) is 0 Å². The highest BCUT2D eigenvalue weighted by Gasteiger charge is 2.22. The van der Waals surface area contributed by atoms with Gasteiger partial charge in [0, 0.05) is 37.7 Å². The van der Waals surface area contributed by atoms with E-state index in [2.05, 4.69) is 33.8 Å². The first-order valence-corrected chi connectivity index (χ1v) is 11.7. The molecule has 2 aliphatic rings. The lowest BCUT2D eigenvalue weighted by Gasteiger charge is -2.17. The minimum atomic E-state index is -2.89.